The molecule has 0 aliphatic carbocycles. The van der Waals surface area contributed by atoms with E-state index in [1.807, 2.05) is 0 Å². The van der Waals surface area contributed by atoms with Crippen LogP contribution < -0.4 is 11.5 Å². The minimum atomic E-state index is -0.787. The maximum atomic E-state index is 9.89. The minimum absolute atomic E-state index is 0.185. The Kier molecular flexibility index (Phi) is 1.76. The first-order valence-electron chi connectivity index (χ1n) is 1.66. The monoisotopic (exact) mass is 88.1 g/mol. The highest BCUT2D eigenvalue weighted by molar-refractivity contribution is 5.80. The summed E-state index contributed by atoms with van der Waals surface area (Å²) >= 11 is 0. The van der Waals surface area contributed by atoms with Crippen LogP contribution in [0.15, 0.2) is 0 Å². The van der Waals surface area contributed by atoms with Crippen LogP contribution in [0.2, 0.25) is 0 Å². The molecule has 4 N–H and O–H groups in total. The lowest BCUT2D eigenvalue weighted by Gasteiger charge is -1.92. The molecule has 0 saturated carbocycles. The molecule has 0 atom stereocenters. The summed E-state index contributed by atoms with van der Waals surface area (Å²) < 4.78 is 0. The van der Waals surface area contributed by atoms with Gasteiger partial charge in [-0.3, -0.25) is 4.79 Å². The average molecular weight is 88.1 g/mol. The minimum Gasteiger partial charge on any atom is -0.310 e. The molecule has 0 unspecified atom stereocenters. The van der Waals surface area contributed by atoms with Gasteiger partial charge in [0.2, 0.25) is 0 Å². The van der Waals surface area contributed by atoms with E-state index in [1.165, 1.54) is 6.92 Å². The van der Waals surface area contributed by atoms with Gasteiger partial charge in [-0.1, -0.05) is 0 Å². The molecule has 0 aliphatic rings. The van der Waals surface area contributed by atoms with Crippen molar-refractivity contribution in [1.29, 1.82) is 0 Å². The highest BCUT2D eigenvalue weighted by Crippen LogP contribution is 1.62. The highest BCUT2D eigenvalue weighted by Gasteiger charge is 1.95. The van der Waals surface area contributed by atoms with Crippen molar-refractivity contribution in [3.05, 3.63) is 0 Å². The molecule has 36 valence electrons. The zero-order chi connectivity index (χ0) is 5.15. The first-order chi connectivity index (χ1) is 2.64. The third-order valence-corrected chi connectivity index (χ3v) is 0.469. The standard InChI is InChI=1S/C3H8N2O/c1-2(6)3(4)5/h3H,4-5H2,1H3. The first kappa shape index (κ1) is 5.59. The van der Waals surface area contributed by atoms with Crippen LogP contribution in [-0.4, -0.2) is 11.9 Å². The quantitative estimate of drug-likeness (QED) is 0.396. The van der Waals surface area contributed by atoms with Crippen molar-refractivity contribution < 1.29 is 4.79 Å². The second-order valence-corrected chi connectivity index (χ2v) is 1.14. The molecule has 0 saturated heterocycles. The average Bonchev–Trinajstić information content (AvgIpc) is 1.36. The molecule has 6 heavy (non-hydrogen) atoms. The van der Waals surface area contributed by atoms with Gasteiger partial charge in [-0.15, -0.1) is 0 Å². The van der Waals surface area contributed by atoms with Gasteiger partial charge in [-0.2, -0.15) is 0 Å². The summed E-state index contributed by atoms with van der Waals surface area (Å²) in [7, 11) is 0. The Morgan fingerprint density at radius 1 is 1.67 bits per heavy atom. The van der Waals surface area contributed by atoms with Crippen molar-refractivity contribution in [2.75, 3.05) is 0 Å². The maximum absolute atomic E-state index is 9.89. The molecule has 3 nitrogen and oxygen atoms in total. The predicted molar refractivity (Wildman–Crippen MR) is 22.8 cm³/mol. The van der Waals surface area contributed by atoms with E-state index < -0.39 is 6.17 Å². The number of hydrogen-bond acceptors (Lipinski definition) is 3. The fraction of sp³-hybridized carbons (Fsp3) is 0.667. The van der Waals surface area contributed by atoms with Gasteiger partial charge in [-0.05, 0) is 6.92 Å². The van der Waals surface area contributed by atoms with Gasteiger partial charge in [0.05, 0.1) is 0 Å². The molecule has 0 aromatic carbocycles. The zero-order valence-electron chi connectivity index (χ0n) is 3.64. The molecular weight excluding hydrogens is 80.0 g/mol. The van der Waals surface area contributed by atoms with Crippen LogP contribution in [0.1, 0.15) is 6.92 Å². The molecule has 0 amide bonds. The fourth-order valence-corrected chi connectivity index (χ4v) is 0. The largest absolute Gasteiger partial charge is 0.310 e. The van der Waals surface area contributed by atoms with Crippen LogP contribution >= 0.6 is 0 Å². The molecular formula is C3H8N2O. The van der Waals surface area contributed by atoms with Gasteiger partial charge in [0.25, 0.3) is 0 Å². The third-order valence-electron chi connectivity index (χ3n) is 0.469. The molecule has 0 aliphatic heterocycles. The summed E-state index contributed by atoms with van der Waals surface area (Å²) in [5, 5.41) is 0. The van der Waals surface area contributed by atoms with E-state index in [1.54, 1.807) is 0 Å². The van der Waals surface area contributed by atoms with Crippen LogP contribution in [0.25, 0.3) is 0 Å². The lowest BCUT2D eigenvalue weighted by atomic mass is 10.4. The molecule has 0 rings (SSSR count). The van der Waals surface area contributed by atoms with Gasteiger partial charge in [-0.25, -0.2) is 0 Å². The van der Waals surface area contributed by atoms with E-state index in [4.69, 9.17) is 11.5 Å². The maximum Gasteiger partial charge on any atom is 0.160 e. The number of hydrogen-bond donors (Lipinski definition) is 2. The van der Waals surface area contributed by atoms with Crippen molar-refractivity contribution in [3.8, 4) is 0 Å². The Hall–Kier alpha value is -0.410. The SMILES string of the molecule is CC(=O)C(N)N. The number of ketones is 1. The summed E-state index contributed by atoms with van der Waals surface area (Å²) in [6.07, 6.45) is -0.787. The molecule has 0 fully saturated rings. The summed E-state index contributed by atoms with van der Waals surface area (Å²) in [6.45, 7) is 1.35. The van der Waals surface area contributed by atoms with E-state index >= 15 is 0 Å². The summed E-state index contributed by atoms with van der Waals surface area (Å²) in [6, 6.07) is 0. The van der Waals surface area contributed by atoms with Crippen molar-refractivity contribution in [2.45, 2.75) is 13.1 Å². The van der Waals surface area contributed by atoms with Gasteiger partial charge in [0.1, 0.15) is 6.17 Å². The Labute approximate surface area is 36.3 Å². The van der Waals surface area contributed by atoms with Crippen LogP contribution in [0.5, 0.6) is 0 Å². The molecule has 0 bridgehead atoms. The summed E-state index contributed by atoms with van der Waals surface area (Å²) in [5.41, 5.74) is 9.73. The van der Waals surface area contributed by atoms with Crippen LogP contribution in [0.4, 0.5) is 0 Å². The van der Waals surface area contributed by atoms with Gasteiger partial charge < -0.3 is 11.5 Å². The van der Waals surface area contributed by atoms with Gasteiger partial charge in [0.15, 0.2) is 5.78 Å². The number of rotatable bonds is 1. The van der Waals surface area contributed by atoms with Gasteiger partial charge in [0, 0.05) is 0 Å². The molecule has 0 aromatic heterocycles. The normalized spacial score (nSPS) is 9.33. The van der Waals surface area contributed by atoms with Crippen LogP contribution in [-0.2, 0) is 4.79 Å². The molecule has 0 aromatic rings. The van der Waals surface area contributed by atoms with Gasteiger partial charge >= 0.3 is 0 Å². The number of carbonyl (C=O) groups is 1. The van der Waals surface area contributed by atoms with Crippen molar-refractivity contribution in [2.24, 2.45) is 11.5 Å². The van der Waals surface area contributed by atoms with E-state index in [0.717, 1.165) is 0 Å². The van der Waals surface area contributed by atoms with E-state index in [9.17, 15) is 4.79 Å². The van der Waals surface area contributed by atoms with Crippen LogP contribution in [0, 0.1) is 0 Å². The predicted octanol–water partition coefficient (Wildman–Crippen LogP) is -1.18. The highest BCUT2D eigenvalue weighted by atomic mass is 16.1. The summed E-state index contributed by atoms with van der Waals surface area (Å²) in [4.78, 5) is 9.89. The lowest BCUT2D eigenvalue weighted by Crippen LogP contribution is -2.37. The Morgan fingerprint density at radius 2 is 1.83 bits per heavy atom. The third kappa shape index (κ3) is 1.87. The number of Topliss-reactive ketones (excluding diaryl/α,β-unsaturated/α-hetero) is 1. The smallest absolute Gasteiger partial charge is 0.160 e. The molecule has 0 heterocycles. The zero-order valence-corrected chi connectivity index (χ0v) is 3.64. The first-order valence-corrected chi connectivity index (χ1v) is 1.66. The molecule has 3 heteroatoms. The lowest BCUT2D eigenvalue weighted by molar-refractivity contribution is -0.118. The molecule has 0 spiro atoms. The Bertz CT molecular complexity index is 59.8. The fourth-order valence-electron chi connectivity index (χ4n) is 0. The molecule has 0 radical (unpaired) electrons. The second-order valence-electron chi connectivity index (χ2n) is 1.14. The van der Waals surface area contributed by atoms with Crippen molar-refractivity contribution in [3.63, 3.8) is 0 Å². The van der Waals surface area contributed by atoms with E-state index in [-0.39, 0.29) is 5.78 Å². The Morgan fingerprint density at radius 3 is 1.83 bits per heavy atom. The summed E-state index contributed by atoms with van der Waals surface area (Å²) in [5.74, 6) is -0.185. The van der Waals surface area contributed by atoms with E-state index in [0.29, 0.717) is 0 Å². The van der Waals surface area contributed by atoms with Crippen LogP contribution in [0.3, 0.4) is 0 Å². The van der Waals surface area contributed by atoms with Crippen molar-refractivity contribution in [1.82, 2.24) is 0 Å². The number of carbonyl (C=O) groups excluding carboxylic acids is 1. The Balaban J connectivity index is 3.26. The second kappa shape index (κ2) is 1.89. The topological polar surface area (TPSA) is 69.1 Å². The van der Waals surface area contributed by atoms with Crippen molar-refractivity contribution >= 4 is 5.78 Å². The number of nitrogens with two attached hydrogens (primary N) is 2. The van der Waals surface area contributed by atoms with E-state index in [2.05, 4.69) is 0 Å².